The molecule has 1 saturated heterocycles. The highest BCUT2D eigenvalue weighted by Gasteiger charge is 2.40. The second-order valence-electron chi connectivity index (χ2n) is 5.61. The van der Waals surface area contributed by atoms with Crippen molar-refractivity contribution in [2.24, 2.45) is 0 Å². The fourth-order valence-corrected chi connectivity index (χ4v) is 1.86. The molecule has 116 valence electrons. The van der Waals surface area contributed by atoms with E-state index in [2.05, 4.69) is 5.43 Å². The molecular formula is C15H22N2O4. The van der Waals surface area contributed by atoms with Gasteiger partial charge in [0.25, 0.3) is 11.8 Å². The fourth-order valence-electron chi connectivity index (χ4n) is 1.86. The highest BCUT2D eigenvalue weighted by Crippen LogP contribution is 2.24. The Morgan fingerprint density at radius 1 is 1.10 bits per heavy atom. The van der Waals surface area contributed by atoms with Gasteiger partial charge in [0.1, 0.15) is 5.60 Å². The third kappa shape index (κ3) is 4.18. The van der Waals surface area contributed by atoms with Gasteiger partial charge in [0, 0.05) is 0 Å². The van der Waals surface area contributed by atoms with Crippen molar-refractivity contribution in [2.75, 3.05) is 0 Å². The van der Waals surface area contributed by atoms with Gasteiger partial charge >= 0.3 is 6.09 Å². The van der Waals surface area contributed by atoms with Gasteiger partial charge in [-0.25, -0.2) is 10.2 Å². The molecule has 1 heterocycles. The summed E-state index contributed by atoms with van der Waals surface area (Å²) in [5.41, 5.74) is 2.13. The minimum absolute atomic E-state index is 0.320. The zero-order valence-electron chi connectivity index (χ0n) is 13.1. The van der Waals surface area contributed by atoms with E-state index >= 15 is 0 Å². The molecule has 21 heavy (non-hydrogen) atoms. The zero-order valence-corrected chi connectivity index (χ0v) is 13.1. The smallest absolute Gasteiger partial charge is 0.427 e. The van der Waals surface area contributed by atoms with E-state index in [0.29, 0.717) is 29.0 Å². The Morgan fingerprint density at radius 3 is 1.86 bits per heavy atom. The van der Waals surface area contributed by atoms with E-state index in [1.807, 2.05) is 13.8 Å². The summed E-state index contributed by atoms with van der Waals surface area (Å²) in [5, 5.41) is 0.705. The van der Waals surface area contributed by atoms with Crippen molar-refractivity contribution in [3.63, 3.8) is 0 Å². The number of carbonyl (C=O) groups excluding carboxylic acids is 3. The second-order valence-corrected chi connectivity index (χ2v) is 5.61. The Balaban J connectivity index is 2.97. The van der Waals surface area contributed by atoms with Crippen LogP contribution < -0.4 is 5.43 Å². The SMILES string of the molecule is CC/C=C1/C(=O)N(NC(=O)OC(C)(C)C)C(=O)/C1=C/CC. The summed E-state index contributed by atoms with van der Waals surface area (Å²) >= 11 is 0. The molecule has 0 unspecified atom stereocenters. The summed E-state index contributed by atoms with van der Waals surface area (Å²) in [6.07, 6.45) is 3.76. The van der Waals surface area contributed by atoms with Crippen LogP contribution in [0, 0.1) is 0 Å². The van der Waals surface area contributed by atoms with Crippen LogP contribution in [0.3, 0.4) is 0 Å². The van der Waals surface area contributed by atoms with E-state index in [9.17, 15) is 14.4 Å². The molecule has 0 saturated carbocycles. The number of nitrogens with zero attached hydrogens (tertiary/aromatic N) is 1. The predicted octanol–water partition coefficient (Wildman–Crippen LogP) is 2.47. The lowest BCUT2D eigenvalue weighted by atomic mass is 10.1. The maximum atomic E-state index is 12.2. The summed E-state index contributed by atoms with van der Waals surface area (Å²) in [6, 6.07) is 0. The Morgan fingerprint density at radius 2 is 1.52 bits per heavy atom. The normalized spacial score (nSPS) is 19.6. The van der Waals surface area contributed by atoms with Gasteiger partial charge in [-0.15, -0.1) is 0 Å². The van der Waals surface area contributed by atoms with Crippen LogP contribution in [0.25, 0.3) is 0 Å². The van der Waals surface area contributed by atoms with Crippen molar-refractivity contribution in [1.82, 2.24) is 10.4 Å². The van der Waals surface area contributed by atoms with Crippen LogP contribution in [-0.2, 0) is 14.3 Å². The summed E-state index contributed by atoms with van der Waals surface area (Å²) in [6.45, 7) is 8.84. The van der Waals surface area contributed by atoms with E-state index in [-0.39, 0.29) is 0 Å². The average Bonchev–Trinajstić information content (AvgIpc) is 2.55. The monoisotopic (exact) mass is 294 g/mol. The highest BCUT2D eigenvalue weighted by atomic mass is 16.6. The van der Waals surface area contributed by atoms with Crippen molar-refractivity contribution in [1.29, 1.82) is 0 Å². The number of ether oxygens (including phenoxy) is 1. The Hall–Kier alpha value is -2.11. The Labute approximate surface area is 124 Å². The van der Waals surface area contributed by atoms with Gasteiger partial charge in [-0.3, -0.25) is 9.59 Å². The number of amides is 3. The average molecular weight is 294 g/mol. The molecule has 1 N–H and O–H groups in total. The molecular weight excluding hydrogens is 272 g/mol. The van der Waals surface area contributed by atoms with Crippen LogP contribution in [0.1, 0.15) is 47.5 Å². The van der Waals surface area contributed by atoms with E-state index in [4.69, 9.17) is 4.74 Å². The number of hydrogen-bond acceptors (Lipinski definition) is 4. The first-order valence-corrected chi connectivity index (χ1v) is 7.00. The summed E-state index contributed by atoms with van der Waals surface area (Å²) in [7, 11) is 0. The number of rotatable bonds is 3. The summed E-state index contributed by atoms with van der Waals surface area (Å²) in [5.74, 6) is -1.07. The summed E-state index contributed by atoms with van der Waals surface area (Å²) in [4.78, 5) is 36.2. The summed E-state index contributed by atoms with van der Waals surface area (Å²) < 4.78 is 5.05. The van der Waals surface area contributed by atoms with Gasteiger partial charge in [-0.2, -0.15) is 5.01 Å². The van der Waals surface area contributed by atoms with Crippen LogP contribution in [0.4, 0.5) is 4.79 Å². The zero-order chi connectivity index (χ0) is 16.2. The van der Waals surface area contributed by atoms with Crippen molar-refractivity contribution in [3.05, 3.63) is 23.3 Å². The topological polar surface area (TPSA) is 75.7 Å². The molecule has 0 bridgehead atoms. The standard InChI is InChI=1S/C15H22N2O4/c1-6-8-10-11(9-7-2)13(19)17(12(10)18)16-14(20)21-15(3,4)5/h8-9H,6-7H2,1-5H3,(H,16,20)/b10-8+,11-9+. The molecule has 3 amide bonds. The van der Waals surface area contributed by atoms with Gasteiger partial charge in [0.2, 0.25) is 0 Å². The number of imide groups is 1. The number of hydrogen-bond donors (Lipinski definition) is 1. The molecule has 0 aliphatic carbocycles. The van der Waals surface area contributed by atoms with Gasteiger partial charge in [-0.05, 0) is 33.6 Å². The van der Waals surface area contributed by atoms with Crippen LogP contribution in [-0.4, -0.2) is 28.5 Å². The van der Waals surface area contributed by atoms with Crippen molar-refractivity contribution >= 4 is 17.9 Å². The Bertz CT molecular complexity index is 480. The minimum atomic E-state index is -0.835. The molecule has 1 aliphatic heterocycles. The third-order valence-electron chi connectivity index (χ3n) is 2.58. The van der Waals surface area contributed by atoms with Gasteiger partial charge in [0.15, 0.2) is 0 Å². The largest absolute Gasteiger partial charge is 0.443 e. The van der Waals surface area contributed by atoms with E-state index < -0.39 is 23.5 Å². The quantitative estimate of drug-likeness (QED) is 0.641. The number of allylic oxidation sites excluding steroid dienone is 2. The molecule has 1 aliphatic rings. The van der Waals surface area contributed by atoms with Gasteiger partial charge in [0.05, 0.1) is 11.1 Å². The van der Waals surface area contributed by atoms with E-state index in [0.717, 1.165) is 0 Å². The number of hydrazine groups is 1. The molecule has 1 fully saturated rings. The van der Waals surface area contributed by atoms with Crippen LogP contribution in [0.15, 0.2) is 23.3 Å². The Kier molecular flexibility index (Phi) is 5.29. The van der Waals surface area contributed by atoms with Crippen LogP contribution in [0.2, 0.25) is 0 Å². The van der Waals surface area contributed by atoms with Gasteiger partial charge in [-0.1, -0.05) is 26.0 Å². The number of nitrogens with one attached hydrogen (secondary N) is 1. The maximum absolute atomic E-state index is 12.2. The first-order chi connectivity index (χ1) is 9.71. The molecule has 6 heteroatoms. The third-order valence-corrected chi connectivity index (χ3v) is 2.58. The molecule has 1 rings (SSSR count). The molecule has 0 spiro atoms. The second kappa shape index (κ2) is 6.56. The number of carbonyl (C=O) groups is 3. The van der Waals surface area contributed by atoms with Crippen molar-refractivity contribution in [3.8, 4) is 0 Å². The minimum Gasteiger partial charge on any atom is -0.443 e. The van der Waals surface area contributed by atoms with Crippen LogP contribution in [0.5, 0.6) is 0 Å². The van der Waals surface area contributed by atoms with Gasteiger partial charge < -0.3 is 4.74 Å². The molecule has 0 aromatic rings. The molecule has 0 aromatic heterocycles. The highest BCUT2D eigenvalue weighted by molar-refractivity contribution is 6.24. The lowest BCUT2D eigenvalue weighted by molar-refractivity contribution is -0.140. The predicted molar refractivity (Wildman–Crippen MR) is 78.0 cm³/mol. The maximum Gasteiger partial charge on any atom is 0.427 e. The molecule has 6 nitrogen and oxygen atoms in total. The fraction of sp³-hybridized carbons (Fsp3) is 0.533. The van der Waals surface area contributed by atoms with E-state index in [1.54, 1.807) is 32.9 Å². The molecule has 0 aromatic carbocycles. The molecule has 0 radical (unpaired) electrons. The van der Waals surface area contributed by atoms with E-state index in [1.165, 1.54) is 0 Å². The lowest BCUT2D eigenvalue weighted by Crippen LogP contribution is -2.47. The first kappa shape index (κ1) is 16.9. The van der Waals surface area contributed by atoms with Crippen molar-refractivity contribution in [2.45, 2.75) is 53.1 Å². The molecule has 0 atom stereocenters. The lowest BCUT2D eigenvalue weighted by Gasteiger charge is -2.22. The van der Waals surface area contributed by atoms with Crippen LogP contribution >= 0.6 is 0 Å². The first-order valence-electron chi connectivity index (χ1n) is 7.00. The van der Waals surface area contributed by atoms with Crippen molar-refractivity contribution < 1.29 is 19.1 Å².